The Morgan fingerprint density at radius 3 is 2.12 bits per heavy atom. The maximum Gasteiger partial charge on any atom is 0.156 e. The van der Waals surface area contributed by atoms with Crippen LogP contribution < -0.4 is 0 Å². The van der Waals surface area contributed by atoms with Crippen LogP contribution in [0.2, 0.25) is 0 Å². The van der Waals surface area contributed by atoms with Crippen molar-refractivity contribution in [2.24, 2.45) is 5.92 Å². The van der Waals surface area contributed by atoms with Crippen molar-refractivity contribution < 1.29 is 14.6 Å². The largest absolute Gasteiger partial charge is 0.396 e. The molecule has 0 aliphatic carbocycles. The Morgan fingerprint density at radius 1 is 1.06 bits per heavy atom. The second kappa shape index (κ2) is 10.9. The van der Waals surface area contributed by atoms with Crippen LogP contribution in [0.4, 0.5) is 0 Å². The van der Waals surface area contributed by atoms with Crippen LogP contribution in [0, 0.1) is 18.3 Å². The van der Waals surface area contributed by atoms with Crippen molar-refractivity contribution in [2.75, 3.05) is 20.8 Å². The fourth-order valence-electron chi connectivity index (χ4n) is 1.68. The first-order valence-corrected chi connectivity index (χ1v) is 5.91. The topological polar surface area (TPSA) is 38.7 Å². The van der Waals surface area contributed by atoms with E-state index >= 15 is 0 Å². The number of methoxy groups -OCH3 is 2. The maximum atomic E-state index is 8.72. The van der Waals surface area contributed by atoms with Gasteiger partial charge in [-0.3, -0.25) is 0 Å². The first kappa shape index (κ1) is 15.4. The highest BCUT2D eigenvalue weighted by atomic mass is 16.7. The number of ether oxygens (including phenoxy) is 2. The molecule has 0 aromatic heterocycles. The summed E-state index contributed by atoms with van der Waals surface area (Å²) in [5, 5.41) is 8.72. The van der Waals surface area contributed by atoms with Crippen LogP contribution in [-0.4, -0.2) is 32.2 Å². The van der Waals surface area contributed by atoms with Crippen LogP contribution in [0.15, 0.2) is 0 Å². The van der Waals surface area contributed by atoms with Gasteiger partial charge in [0.15, 0.2) is 6.29 Å². The van der Waals surface area contributed by atoms with Crippen molar-refractivity contribution in [1.29, 1.82) is 0 Å². The summed E-state index contributed by atoms with van der Waals surface area (Å²) in [4.78, 5) is 0. The van der Waals surface area contributed by atoms with Crippen LogP contribution in [0.3, 0.4) is 0 Å². The van der Waals surface area contributed by atoms with Gasteiger partial charge in [0.1, 0.15) is 0 Å². The molecule has 0 radical (unpaired) electrons. The van der Waals surface area contributed by atoms with Gasteiger partial charge in [0.05, 0.1) is 0 Å². The third-order valence-corrected chi connectivity index (χ3v) is 2.71. The van der Waals surface area contributed by atoms with Crippen LogP contribution in [0.25, 0.3) is 0 Å². The molecule has 0 saturated heterocycles. The first-order valence-electron chi connectivity index (χ1n) is 5.91. The average molecular weight is 228 g/mol. The van der Waals surface area contributed by atoms with E-state index in [1.165, 1.54) is 0 Å². The summed E-state index contributed by atoms with van der Waals surface area (Å²) in [6, 6.07) is 0. The summed E-state index contributed by atoms with van der Waals surface area (Å²) in [5.74, 6) is 3.08. The molecule has 0 fully saturated rings. The van der Waals surface area contributed by atoms with E-state index in [2.05, 4.69) is 5.92 Å². The lowest BCUT2D eigenvalue weighted by Crippen LogP contribution is -2.12. The zero-order valence-corrected chi connectivity index (χ0v) is 10.4. The van der Waals surface area contributed by atoms with Gasteiger partial charge in [-0.1, -0.05) is 6.42 Å². The molecule has 16 heavy (non-hydrogen) atoms. The van der Waals surface area contributed by atoms with Crippen molar-refractivity contribution in [2.45, 2.75) is 44.8 Å². The SMILES string of the molecule is C#CC(CCCO)CCCCC(OC)OC. The third kappa shape index (κ3) is 7.70. The molecule has 0 rings (SSSR count). The van der Waals surface area contributed by atoms with E-state index in [-0.39, 0.29) is 12.9 Å². The average Bonchev–Trinajstić information content (AvgIpc) is 2.33. The molecule has 0 aromatic rings. The lowest BCUT2D eigenvalue weighted by molar-refractivity contribution is -0.107. The predicted octanol–water partition coefficient (Wildman–Crippen LogP) is 2.19. The zero-order chi connectivity index (χ0) is 12.2. The fourth-order valence-corrected chi connectivity index (χ4v) is 1.68. The molecule has 0 aliphatic heterocycles. The molecule has 0 spiro atoms. The standard InChI is InChI=1S/C13H24O3/c1-4-12(9-7-11-14)8-5-6-10-13(15-2)16-3/h1,12-14H,5-11H2,2-3H3. The molecular formula is C13H24O3. The molecule has 1 N–H and O–H groups in total. The summed E-state index contributed by atoms with van der Waals surface area (Å²) < 4.78 is 10.2. The van der Waals surface area contributed by atoms with Gasteiger partial charge in [0, 0.05) is 26.7 Å². The van der Waals surface area contributed by atoms with E-state index < -0.39 is 0 Å². The minimum Gasteiger partial charge on any atom is -0.396 e. The predicted molar refractivity (Wildman–Crippen MR) is 64.9 cm³/mol. The van der Waals surface area contributed by atoms with Crippen LogP contribution in [0.1, 0.15) is 38.5 Å². The summed E-state index contributed by atoms with van der Waals surface area (Å²) >= 11 is 0. The van der Waals surface area contributed by atoms with Crippen molar-refractivity contribution in [3.8, 4) is 12.3 Å². The zero-order valence-electron chi connectivity index (χ0n) is 10.4. The van der Waals surface area contributed by atoms with Gasteiger partial charge in [-0.05, 0) is 32.1 Å². The minimum absolute atomic E-state index is 0.0956. The Balaban J connectivity index is 3.51. The number of unbranched alkanes of at least 4 members (excludes halogenated alkanes) is 1. The molecule has 94 valence electrons. The van der Waals surface area contributed by atoms with Gasteiger partial charge < -0.3 is 14.6 Å². The molecule has 0 bridgehead atoms. The van der Waals surface area contributed by atoms with Gasteiger partial charge in [0.25, 0.3) is 0 Å². The Kier molecular flexibility index (Phi) is 10.6. The van der Waals surface area contributed by atoms with E-state index in [9.17, 15) is 0 Å². The molecule has 0 aromatic carbocycles. The van der Waals surface area contributed by atoms with Crippen molar-refractivity contribution in [1.82, 2.24) is 0 Å². The van der Waals surface area contributed by atoms with Crippen molar-refractivity contribution >= 4 is 0 Å². The quantitative estimate of drug-likeness (QED) is 0.354. The molecule has 3 nitrogen and oxygen atoms in total. The maximum absolute atomic E-state index is 8.72. The molecule has 0 heterocycles. The van der Waals surface area contributed by atoms with E-state index in [1.807, 2.05) is 0 Å². The van der Waals surface area contributed by atoms with E-state index in [4.69, 9.17) is 21.0 Å². The summed E-state index contributed by atoms with van der Waals surface area (Å²) in [5.41, 5.74) is 0. The van der Waals surface area contributed by atoms with Crippen LogP contribution in [0.5, 0.6) is 0 Å². The van der Waals surface area contributed by atoms with Gasteiger partial charge in [-0.2, -0.15) is 0 Å². The number of aliphatic hydroxyl groups excluding tert-OH is 1. The Hall–Kier alpha value is -0.560. The minimum atomic E-state index is -0.0956. The second-order valence-corrected chi connectivity index (χ2v) is 3.91. The number of terminal acetylenes is 1. The Bertz CT molecular complexity index is 182. The van der Waals surface area contributed by atoms with Gasteiger partial charge in [-0.15, -0.1) is 12.3 Å². The molecule has 0 amide bonds. The van der Waals surface area contributed by atoms with Crippen LogP contribution in [-0.2, 0) is 9.47 Å². The molecular weight excluding hydrogens is 204 g/mol. The molecule has 3 heteroatoms. The number of aliphatic hydroxyl groups is 1. The van der Waals surface area contributed by atoms with Gasteiger partial charge in [-0.25, -0.2) is 0 Å². The van der Waals surface area contributed by atoms with Gasteiger partial charge in [0.2, 0.25) is 0 Å². The van der Waals surface area contributed by atoms with Gasteiger partial charge >= 0.3 is 0 Å². The number of rotatable bonds is 10. The number of hydrogen-bond acceptors (Lipinski definition) is 3. The fraction of sp³-hybridized carbons (Fsp3) is 0.846. The highest BCUT2D eigenvalue weighted by Gasteiger charge is 2.07. The second-order valence-electron chi connectivity index (χ2n) is 3.91. The van der Waals surface area contributed by atoms with Crippen molar-refractivity contribution in [3.05, 3.63) is 0 Å². The smallest absolute Gasteiger partial charge is 0.156 e. The first-order chi connectivity index (χ1) is 7.78. The lowest BCUT2D eigenvalue weighted by Gasteiger charge is -2.14. The highest BCUT2D eigenvalue weighted by molar-refractivity contribution is 4.92. The van der Waals surface area contributed by atoms with E-state index in [1.54, 1.807) is 14.2 Å². The van der Waals surface area contributed by atoms with E-state index in [0.29, 0.717) is 5.92 Å². The summed E-state index contributed by atoms with van der Waals surface area (Å²) in [6.45, 7) is 0.230. The summed E-state index contributed by atoms with van der Waals surface area (Å²) in [6.07, 6.45) is 11.1. The lowest BCUT2D eigenvalue weighted by atomic mass is 9.97. The Morgan fingerprint density at radius 2 is 1.62 bits per heavy atom. The van der Waals surface area contributed by atoms with Crippen LogP contribution >= 0.6 is 0 Å². The molecule has 0 aliphatic rings. The molecule has 0 saturated carbocycles. The molecule has 1 atom stereocenters. The van der Waals surface area contributed by atoms with Crippen molar-refractivity contribution in [3.63, 3.8) is 0 Å². The third-order valence-electron chi connectivity index (χ3n) is 2.71. The monoisotopic (exact) mass is 228 g/mol. The summed E-state index contributed by atoms with van der Waals surface area (Å²) in [7, 11) is 3.30. The normalized spacial score (nSPS) is 12.7. The highest BCUT2D eigenvalue weighted by Crippen LogP contribution is 2.15. The molecule has 1 unspecified atom stereocenters. The Labute approximate surface area is 99.1 Å². The number of hydrogen-bond donors (Lipinski definition) is 1. The van der Waals surface area contributed by atoms with E-state index in [0.717, 1.165) is 38.5 Å².